The predicted octanol–water partition coefficient (Wildman–Crippen LogP) is 0.823. The number of amides is 1. The topological polar surface area (TPSA) is 159 Å². The first-order valence-electron chi connectivity index (χ1n) is 9.74. The van der Waals surface area contributed by atoms with Gasteiger partial charge in [0.25, 0.3) is 5.90 Å². The average Bonchev–Trinajstić information content (AvgIpc) is 3.14. The third kappa shape index (κ3) is 4.16. The van der Waals surface area contributed by atoms with Crippen LogP contribution in [0.15, 0.2) is 45.9 Å². The smallest absolute Gasteiger partial charge is 0.428 e. The number of fused-ring (bicyclic) bond motifs is 1. The van der Waals surface area contributed by atoms with Gasteiger partial charge >= 0.3 is 17.7 Å². The van der Waals surface area contributed by atoms with Gasteiger partial charge in [0, 0.05) is 38.4 Å². The second-order valence-corrected chi connectivity index (χ2v) is 6.86. The molecule has 0 bridgehead atoms. The molecule has 1 amide bonds. The molecule has 1 aliphatic rings. The van der Waals surface area contributed by atoms with E-state index in [2.05, 4.69) is 20.5 Å². The van der Waals surface area contributed by atoms with Crippen LogP contribution in [0.1, 0.15) is 0 Å². The van der Waals surface area contributed by atoms with E-state index in [1.165, 1.54) is 25.4 Å². The van der Waals surface area contributed by atoms with Crippen LogP contribution in [-0.2, 0) is 9.53 Å². The van der Waals surface area contributed by atoms with Crippen molar-refractivity contribution in [1.82, 2.24) is 14.9 Å². The number of rotatable bonds is 3. The van der Waals surface area contributed by atoms with E-state index in [4.69, 9.17) is 24.7 Å². The molecule has 1 fully saturated rings. The molecule has 2 aromatic heterocycles. The number of hydrogen-bond donors (Lipinski definition) is 4. The van der Waals surface area contributed by atoms with Gasteiger partial charge in [-0.1, -0.05) is 0 Å². The van der Waals surface area contributed by atoms with E-state index in [0.717, 1.165) is 36.4 Å². The maximum absolute atomic E-state index is 12.5. The summed E-state index contributed by atoms with van der Waals surface area (Å²) in [5.74, 6) is -2.17. The number of hydrogen-bond acceptors (Lipinski definition) is 10. The van der Waals surface area contributed by atoms with Crippen molar-refractivity contribution in [3.8, 4) is 5.75 Å². The van der Waals surface area contributed by atoms with E-state index < -0.39 is 23.6 Å². The number of carbonyl (C=O) groups is 1. The van der Waals surface area contributed by atoms with Gasteiger partial charge in [0.1, 0.15) is 11.3 Å². The number of piperazine rings is 1. The summed E-state index contributed by atoms with van der Waals surface area (Å²) in [4.78, 5) is 30.9. The molecule has 4 rings (SSSR count). The third-order valence-corrected chi connectivity index (χ3v) is 4.90. The molecule has 1 saturated heterocycles. The van der Waals surface area contributed by atoms with E-state index in [1.54, 1.807) is 18.3 Å². The number of carbonyl (C=O) groups excluding carboxylic acids is 1. The van der Waals surface area contributed by atoms with Crippen LogP contribution >= 0.6 is 0 Å². The van der Waals surface area contributed by atoms with Gasteiger partial charge < -0.3 is 29.4 Å². The summed E-state index contributed by atoms with van der Waals surface area (Å²) in [6, 6.07) is 5.61. The Balaban J connectivity index is 1.49. The monoisotopic (exact) mass is 439 g/mol. The SMILES string of the molecule is COc1ccc2c(c1)oc(=O)n2C(=N)OC(=N)C(=O)Nc1cnccc1N1CCNCC1. The number of methoxy groups -OCH3 is 1. The van der Waals surface area contributed by atoms with Crippen LogP contribution in [0.5, 0.6) is 5.75 Å². The first-order chi connectivity index (χ1) is 15.5. The van der Waals surface area contributed by atoms with Gasteiger partial charge in [-0.15, -0.1) is 0 Å². The van der Waals surface area contributed by atoms with Crippen molar-refractivity contribution in [2.24, 2.45) is 0 Å². The fourth-order valence-electron chi connectivity index (χ4n) is 3.35. The molecule has 12 nitrogen and oxygen atoms in total. The fourth-order valence-corrected chi connectivity index (χ4v) is 3.35. The van der Waals surface area contributed by atoms with Gasteiger partial charge in [0.05, 0.1) is 24.7 Å². The summed E-state index contributed by atoms with van der Waals surface area (Å²) in [7, 11) is 1.47. The molecule has 0 spiro atoms. The molecule has 3 heterocycles. The molecule has 32 heavy (non-hydrogen) atoms. The van der Waals surface area contributed by atoms with Crippen LogP contribution in [0.2, 0.25) is 0 Å². The minimum Gasteiger partial charge on any atom is -0.497 e. The summed E-state index contributed by atoms with van der Waals surface area (Å²) >= 11 is 0. The Morgan fingerprint density at radius 2 is 2.03 bits per heavy atom. The van der Waals surface area contributed by atoms with Gasteiger partial charge in [-0.25, -0.2) is 4.79 Å². The molecule has 4 N–H and O–H groups in total. The average molecular weight is 439 g/mol. The Hall–Kier alpha value is -4.19. The Bertz CT molecular complexity index is 1240. The van der Waals surface area contributed by atoms with E-state index in [9.17, 15) is 9.59 Å². The van der Waals surface area contributed by atoms with E-state index >= 15 is 0 Å². The van der Waals surface area contributed by atoms with E-state index in [-0.39, 0.29) is 11.1 Å². The Labute approximate surface area is 181 Å². The Morgan fingerprint density at radius 1 is 1.25 bits per heavy atom. The van der Waals surface area contributed by atoms with Crippen LogP contribution in [0, 0.1) is 10.8 Å². The lowest BCUT2D eigenvalue weighted by Gasteiger charge is -2.30. The summed E-state index contributed by atoms with van der Waals surface area (Å²) in [5.41, 5.74) is 1.60. The zero-order valence-corrected chi connectivity index (χ0v) is 17.2. The van der Waals surface area contributed by atoms with Crippen LogP contribution in [0.25, 0.3) is 11.1 Å². The van der Waals surface area contributed by atoms with Crippen molar-refractivity contribution < 1.29 is 18.7 Å². The van der Waals surface area contributed by atoms with Crippen LogP contribution < -0.4 is 26.0 Å². The number of pyridine rings is 1. The number of aromatic nitrogens is 2. The van der Waals surface area contributed by atoms with Gasteiger partial charge in [0.2, 0.25) is 0 Å². The van der Waals surface area contributed by atoms with Crippen molar-refractivity contribution in [2.75, 3.05) is 43.5 Å². The fraction of sp³-hybridized carbons (Fsp3) is 0.250. The molecule has 166 valence electrons. The van der Waals surface area contributed by atoms with Gasteiger partial charge in [-0.3, -0.25) is 20.6 Å². The van der Waals surface area contributed by atoms with Crippen molar-refractivity contribution in [1.29, 1.82) is 10.8 Å². The summed E-state index contributed by atoms with van der Waals surface area (Å²) in [5, 5.41) is 21.9. The lowest BCUT2D eigenvalue weighted by atomic mass is 10.2. The zero-order chi connectivity index (χ0) is 22.7. The molecule has 12 heteroatoms. The molecule has 0 atom stereocenters. The van der Waals surface area contributed by atoms with Gasteiger partial charge in [-0.2, -0.15) is 4.57 Å². The molecule has 1 aromatic carbocycles. The highest BCUT2D eigenvalue weighted by atomic mass is 16.5. The van der Waals surface area contributed by atoms with Crippen LogP contribution in [0.3, 0.4) is 0 Å². The number of anilines is 2. The number of nitrogens with one attached hydrogen (secondary N) is 4. The van der Waals surface area contributed by atoms with Crippen LogP contribution in [-0.4, -0.2) is 60.7 Å². The molecule has 0 aliphatic carbocycles. The minimum atomic E-state index is -0.889. The largest absolute Gasteiger partial charge is 0.497 e. The molecule has 1 aliphatic heterocycles. The molecule has 3 aromatic rings. The van der Waals surface area contributed by atoms with Crippen molar-refractivity contribution >= 4 is 40.3 Å². The van der Waals surface area contributed by atoms with Crippen LogP contribution in [0.4, 0.5) is 11.4 Å². The van der Waals surface area contributed by atoms with Crippen molar-refractivity contribution in [3.05, 3.63) is 47.2 Å². The van der Waals surface area contributed by atoms with Crippen molar-refractivity contribution in [3.63, 3.8) is 0 Å². The standard InChI is InChI=1S/C20H21N7O5/c1-30-12-2-3-15-16(10-12)31-20(29)27(15)19(22)32-17(21)18(28)25-13-11-24-5-4-14(13)26-8-6-23-7-9-26/h2-5,10-11,21-23H,6-9H2,1H3,(H,25,28). The molecular formula is C20H21N7O5. The molecule has 0 saturated carbocycles. The highest BCUT2D eigenvalue weighted by molar-refractivity contribution is 6.40. The second-order valence-electron chi connectivity index (χ2n) is 6.86. The summed E-state index contributed by atoms with van der Waals surface area (Å²) < 4.78 is 16.0. The zero-order valence-electron chi connectivity index (χ0n) is 17.2. The maximum atomic E-state index is 12.5. The number of ether oxygens (including phenoxy) is 2. The maximum Gasteiger partial charge on any atom is 0.428 e. The molecule has 0 unspecified atom stereocenters. The quantitative estimate of drug-likeness (QED) is 0.345. The lowest BCUT2D eigenvalue weighted by Crippen LogP contribution is -2.44. The normalized spacial score (nSPS) is 13.6. The molecular weight excluding hydrogens is 418 g/mol. The summed E-state index contributed by atoms with van der Waals surface area (Å²) in [6.07, 6.45) is 3.10. The highest BCUT2D eigenvalue weighted by Crippen LogP contribution is 2.25. The first kappa shape index (κ1) is 21.1. The highest BCUT2D eigenvalue weighted by Gasteiger charge is 2.22. The third-order valence-electron chi connectivity index (χ3n) is 4.90. The van der Waals surface area contributed by atoms with E-state index in [1.807, 2.05) is 0 Å². The van der Waals surface area contributed by atoms with Gasteiger partial charge in [-0.05, 0) is 18.2 Å². The predicted molar refractivity (Wildman–Crippen MR) is 117 cm³/mol. The molecule has 0 radical (unpaired) electrons. The number of benzene rings is 1. The van der Waals surface area contributed by atoms with Gasteiger partial charge in [0.15, 0.2) is 5.58 Å². The number of nitrogens with zero attached hydrogens (tertiary/aromatic N) is 3. The van der Waals surface area contributed by atoms with Crippen molar-refractivity contribution in [2.45, 2.75) is 0 Å². The second kappa shape index (κ2) is 8.89. The first-order valence-corrected chi connectivity index (χ1v) is 9.74. The Kier molecular flexibility index (Phi) is 5.85. The number of oxazole rings is 1. The Morgan fingerprint density at radius 3 is 2.78 bits per heavy atom. The lowest BCUT2D eigenvalue weighted by molar-refractivity contribution is -0.111. The van der Waals surface area contributed by atoms with E-state index in [0.29, 0.717) is 11.4 Å². The minimum absolute atomic E-state index is 0.176. The summed E-state index contributed by atoms with van der Waals surface area (Å²) in [6.45, 7) is 3.13.